The third kappa shape index (κ3) is 3.71. The minimum atomic E-state index is -0.456. The SMILES string of the molecule is CCOC(=O)c1nnn(CCSCC)c1CN. The first-order valence-electron chi connectivity index (χ1n) is 5.61. The molecular formula is C10H18N4O2S. The van der Waals surface area contributed by atoms with Crippen molar-refractivity contribution in [3.63, 3.8) is 0 Å². The molecule has 0 aliphatic heterocycles. The second-order valence-electron chi connectivity index (χ2n) is 3.23. The van der Waals surface area contributed by atoms with Crippen molar-refractivity contribution < 1.29 is 9.53 Å². The maximum atomic E-state index is 11.6. The molecule has 0 fully saturated rings. The van der Waals surface area contributed by atoms with E-state index in [2.05, 4.69) is 17.2 Å². The highest BCUT2D eigenvalue weighted by atomic mass is 32.2. The lowest BCUT2D eigenvalue weighted by molar-refractivity contribution is 0.0518. The van der Waals surface area contributed by atoms with Gasteiger partial charge in [0.2, 0.25) is 0 Å². The standard InChI is InChI=1S/C10H18N4O2S/c1-3-16-10(15)9-8(7-11)14(13-12-9)5-6-17-4-2/h3-7,11H2,1-2H3. The zero-order chi connectivity index (χ0) is 12.7. The number of aryl methyl sites for hydroxylation is 1. The molecular weight excluding hydrogens is 240 g/mol. The van der Waals surface area contributed by atoms with Gasteiger partial charge in [-0.25, -0.2) is 9.48 Å². The maximum Gasteiger partial charge on any atom is 0.360 e. The Morgan fingerprint density at radius 3 is 2.88 bits per heavy atom. The summed E-state index contributed by atoms with van der Waals surface area (Å²) in [4.78, 5) is 11.6. The Labute approximate surface area is 105 Å². The summed E-state index contributed by atoms with van der Waals surface area (Å²) in [5.41, 5.74) is 6.49. The van der Waals surface area contributed by atoms with Crippen LogP contribution in [-0.4, -0.2) is 39.1 Å². The minimum absolute atomic E-state index is 0.232. The lowest BCUT2D eigenvalue weighted by atomic mass is 10.3. The van der Waals surface area contributed by atoms with E-state index in [1.165, 1.54) is 0 Å². The minimum Gasteiger partial charge on any atom is -0.461 e. The second-order valence-corrected chi connectivity index (χ2v) is 4.62. The Morgan fingerprint density at radius 1 is 1.53 bits per heavy atom. The van der Waals surface area contributed by atoms with Gasteiger partial charge in [0, 0.05) is 12.3 Å². The number of nitrogens with zero attached hydrogens (tertiary/aromatic N) is 3. The van der Waals surface area contributed by atoms with E-state index in [0.29, 0.717) is 18.8 Å². The number of carbonyl (C=O) groups is 1. The second kappa shape index (κ2) is 7.29. The number of rotatable bonds is 7. The molecule has 0 unspecified atom stereocenters. The lowest BCUT2D eigenvalue weighted by Gasteiger charge is -2.05. The Balaban J connectivity index is 2.76. The maximum absolute atomic E-state index is 11.6. The average Bonchev–Trinajstić information content (AvgIpc) is 2.73. The van der Waals surface area contributed by atoms with Crippen LogP contribution in [0.2, 0.25) is 0 Å². The first kappa shape index (κ1) is 14.0. The normalized spacial score (nSPS) is 10.5. The molecule has 1 aromatic rings. The van der Waals surface area contributed by atoms with E-state index < -0.39 is 5.97 Å². The number of aromatic nitrogens is 3. The number of nitrogens with two attached hydrogens (primary N) is 1. The summed E-state index contributed by atoms with van der Waals surface area (Å²) >= 11 is 1.80. The zero-order valence-electron chi connectivity index (χ0n) is 10.2. The summed E-state index contributed by atoms with van der Waals surface area (Å²) < 4.78 is 6.57. The van der Waals surface area contributed by atoms with Gasteiger partial charge in [-0.1, -0.05) is 12.1 Å². The third-order valence-corrected chi connectivity index (χ3v) is 3.03. The average molecular weight is 258 g/mol. The van der Waals surface area contributed by atoms with E-state index in [4.69, 9.17) is 10.5 Å². The highest BCUT2D eigenvalue weighted by Crippen LogP contribution is 2.08. The topological polar surface area (TPSA) is 83.0 Å². The van der Waals surface area contributed by atoms with Gasteiger partial charge in [-0.05, 0) is 12.7 Å². The molecule has 0 bridgehead atoms. The molecule has 6 nitrogen and oxygen atoms in total. The van der Waals surface area contributed by atoms with Crippen molar-refractivity contribution in [2.24, 2.45) is 5.73 Å². The predicted octanol–water partition coefficient (Wildman–Crippen LogP) is 0.667. The van der Waals surface area contributed by atoms with Gasteiger partial charge in [-0.2, -0.15) is 11.8 Å². The van der Waals surface area contributed by atoms with Crippen molar-refractivity contribution in [3.8, 4) is 0 Å². The van der Waals surface area contributed by atoms with E-state index in [-0.39, 0.29) is 12.2 Å². The monoisotopic (exact) mass is 258 g/mol. The van der Waals surface area contributed by atoms with Gasteiger partial charge in [-0.3, -0.25) is 0 Å². The summed E-state index contributed by atoms with van der Waals surface area (Å²) in [6.07, 6.45) is 0. The molecule has 0 aliphatic rings. The molecule has 0 spiro atoms. The largest absolute Gasteiger partial charge is 0.461 e. The first-order valence-corrected chi connectivity index (χ1v) is 6.77. The number of esters is 1. The fourth-order valence-corrected chi connectivity index (χ4v) is 1.96. The molecule has 17 heavy (non-hydrogen) atoms. The summed E-state index contributed by atoms with van der Waals surface area (Å²) in [6, 6.07) is 0. The van der Waals surface area contributed by atoms with E-state index in [1.807, 2.05) is 0 Å². The Bertz CT molecular complexity index is 367. The summed E-state index contributed by atoms with van der Waals surface area (Å²) in [5.74, 6) is 1.52. The van der Waals surface area contributed by atoms with Crippen molar-refractivity contribution in [2.75, 3.05) is 18.1 Å². The third-order valence-electron chi connectivity index (χ3n) is 2.15. The molecule has 0 saturated carbocycles. The molecule has 0 amide bonds. The van der Waals surface area contributed by atoms with Crippen LogP contribution in [0.15, 0.2) is 0 Å². The smallest absolute Gasteiger partial charge is 0.360 e. The van der Waals surface area contributed by atoms with Crippen LogP contribution in [0.5, 0.6) is 0 Å². The zero-order valence-corrected chi connectivity index (χ0v) is 11.0. The first-order chi connectivity index (χ1) is 8.24. The fraction of sp³-hybridized carbons (Fsp3) is 0.700. The van der Waals surface area contributed by atoms with Crippen molar-refractivity contribution in [1.82, 2.24) is 15.0 Å². The highest BCUT2D eigenvalue weighted by molar-refractivity contribution is 7.99. The van der Waals surface area contributed by atoms with E-state index in [0.717, 1.165) is 11.5 Å². The van der Waals surface area contributed by atoms with Gasteiger partial charge in [0.1, 0.15) is 0 Å². The van der Waals surface area contributed by atoms with Crippen molar-refractivity contribution in [2.45, 2.75) is 26.9 Å². The molecule has 2 N–H and O–H groups in total. The summed E-state index contributed by atoms with van der Waals surface area (Å²) in [5, 5.41) is 7.77. The Kier molecular flexibility index (Phi) is 5.99. The molecule has 0 radical (unpaired) electrons. The molecule has 0 saturated heterocycles. The molecule has 0 atom stereocenters. The van der Waals surface area contributed by atoms with Crippen LogP contribution in [0, 0.1) is 0 Å². The molecule has 0 aromatic carbocycles. The summed E-state index contributed by atoms with van der Waals surface area (Å²) in [6.45, 7) is 5.11. The number of ether oxygens (including phenoxy) is 1. The van der Waals surface area contributed by atoms with E-state index >= 15 is 0 Å². The summed E-state index contributed by atoms with van der Waals surface area (Å²) in [7, 11) is 0. The van der Waals surface area contributed by atoms with Crippen LogP contribution >= 0.6 is 11.8 Å². The number of hydrogen-bond donors (Lipinski definition) is 1. The van der Waals surface area contributed by atoms with Crippen LogP contribution in [-0.2, 0) is 17.8 Å². The Morgan fingerprint density at radius 2 is 2.29 bits per heavy atom. The predicted molar refractivity (Wildman–Crippen MR) is 66.9 cm³/mol. The van der Waals surface area contributed by atoms with Gasteiger partial charge >= 0.3 is 5.97 Å². The fourth-order valence-electron chi connectivity index (χ4n) is 1.37. The molecule has 0 aliphatic carbocycles. The molecule has 96 valence electrons. The van der Waals surface area contributed by atoms with Gasteiger partial charge in [0.05, 0.1) is 18.8 Å². The van der Waals surface area contributed by atoms with Crippen LogP contribution in [0.4, 0.5) is 0 Å². The van der Waals surface area contributed by atoms with Gasteiger partial charge in [0.15, 0.2) is 5.69 Å². The number of hydrogen-bond acceptors (Lipinski definition) is 6. The van der Waals surface area contributed by atoms with Crippen molar-refractivity contribution >= 4 is 17.7 Å². The van der Waals surface area contributed by atoms with Crippen molar-refractivity contribution in [1.29, 1.82) is 0 Å². The number of thioether (sulfide) groups is 1. The van der Waals surface area contributed by atoms with Gasteiger partial charge in [-0.15, -0.1) is 5.10 Å². The molecule has 1 heterocycles. The van der Waals surface area contributed by atoms with Crippen LogP contribution in [0.3, 0.4) is 0 Å². The molecule has 7 heteroatoms. The quantitative estimate of drug-likeness (QED) is 0.571. The lowest BCUT2D eigenvalue weighted by Crippen LogP contribution is -2.15. The molecule has 1 aromatic heterocycles. The highest BCUT2D eigenvalue weighted by Gasteiger charge is 2.19. The van der Waals surface area contributed by atoms with Crippen LogP contribution < -0.4 is 5.73 Å². The van der Waals surface area contributed by atoms with Crippen LogP contribution in [0.1, 0.15) is 30.0 Å². The van der Waals surface area contributed by atoms with E-state index in [9.17, 15) is 4.79 Å². The van der Waals surface area contributed by atoms with Crippen molar-refractivity contribution in [3.05, 3.63) is 11.4 Å². The Hall–Kier alpha value is -1.08. The number of carbonyl (C=O) groups excluding carboxylic acids is 1. The van der Waals surface area contributed by atoms with Crippen LogP contribution in [0.25, 0.3) is 0 Å². The van der Waals surface area contributed by atoms with Gasteiger partial charge < -0.3 is 10.5 Å². The molecule has 1 rings (SSSR count). The van der Waals surface area contributed by atoms with Gasteiger partial charge in [0.25, 0.3) is 0 Å². The van der Waals surface area contributed by atoms with E-state index in [1.54, 1.807) is 23.4 Å².